The number of H-pyrrole nitrogens is 1. The van der Waals surface area contributed by atoms with Crippen LogP contribution in [0.25, 0.3) is 33.1 Å². The van der Waals surface area contributed by atoms with Crippen molar-refractivity contribution >= 4 is 56.3 Å². The van der Waals surface area contributed by atoms with Crippen LogP contribution in [-0.2, 0) is 11.0 Å². The van der Waals surface area contributed by atoms with Gasteiger partial charge in [-0.2, -0.15) is 0 Å². The fourth-order valence-corrected chi connectivity index (χ4v) is 5.31. The summed E-state index contributed by atoms with van der Waals surface area (Å²) in [6.45, 7) is 1.84. The molecule has 5 aromatic rings. The number of nitrogens with one attached hydrogen (secondary N) is 2. The van der Waals surface area contributed by atoms with Crippen LogP contribution in [0.15, 0.2) is 71.8 Å². The van der Waals surface area contributed by atoms with Crippen LogP contribution in [0.4, 0.5) is 14.5 Å². The first-order chi connectivity index (χ1) is 17.9. The molecule has 3 aromatic carbocycles. The first-order valence-corrected chi connectivity index (χ1v) is 13.7. The number of aromatic amines is 1. The maximum absolute atomic E-state index is 15.2. The number of halogens is 2. The molecule has 2 heterocycles. The number of rotatable bonds is 8. The highest BCUT2D eigenvalue weighted by molar-refractivity contribution is 7.97. The highest BCUT2D eigenvalue weighted by Gasteiger charge is 2.23. The minimum atomic E-state index is -1.55. The van der Waals surface area contributed by atoms with E-state index in [1.54, 1.807) is 18.3 Å². The quantitative estimate of drug-likeness (QED) is 0.159. The molecule has 0 amide bonds. The van der Waals surface area contributed by atoms with Crippen LogP contribution in [0.5, 0.6) is 0 Å². The first kappa shape index (κ1) is 25.1. The second kappa shape index (κ2) is 10.4. The summed E-state index contributed by atoms with van der Waals surface area (Å²) in [7, 11) is -1.55. The molecule has 1 unspecified atom stereocenters. The normalized spacial score (nSPS) is 12.2. The van der Waals surface area contributed by atoms with Gasteiger partial charge in [0.15, 0.2) is 11.6 Å². The van der Waals surface area contributed by atoms with Gasteiger partial charge >= 0.3 is 0 Å². The Kier molecular flexibility index (Phi) is 7.05. The van der Waals surface area contributed by atoms with Crippen molar-refractivity contribution in [3.8, 4) is 11.1 Å². The predicted octanol–water partition coefficient (Wildman–Crippen LogP) is 6.34. The van der Waals surface area contributed by atoms with Gasteiger partial charge in [-0.15, -0.1) is 0 Å². The van der Waals surface area contributed by atoms with E-state index in [1.807, 2.05) is 37.3 Å². The van der Waals surface area contributed by atoms with E-state index < -0.39 is 34.0 Å². The average molecular weight is 537 g/mol. The molecule has 0 bridgehead atoms. The van der Waals surface area contributed by atoms with E-state index in [-0.39, 0.29) is 11.3 Å². The Morgan fingerprint density at radius 2 is 1.84 bits per heavy atom. The van der Waals surface area contributed by atoms with Gasteiger partial charge < -0.3 is 9.71 Å². The number of pyridine rings is 1. The topological polar surface area (TPSA) is 101 Å². The minimum Gasteiger partial charge on any atom is -0.339 e. The molecule has 10 heteroatoms. The molecule has 0 saturated carbocycles. The monoisotopic (exact) mass is 536 g/mol. The lowest BCUT2D eigenvalue weighted by molar-refractivity contribution is 0.103. The number of nitrogens with two attached hydrogens (primary N) is 1. The number of fused-ring (bicyclic) bond motifs is 3. The molecule has 0 spiro atoms. The number of nitrogens with zero attached hydrogens (tertiary/aromatic N) is 1. The van der Waals surface area contributed by atoms with Crippen molar-refractivity contribution < 1.29 is 17.8 Å². The first-order valence-electron chi connectivity index (χ1n) is 11.5. The maximum atomic E-state index is 15.2. The Morgan fingerprint density at radius 1 is 1.05 bits per heavy atom. The molecule has 0 aliphatic rings. The zero-order valence-electron chi connectivity index (χ0n) is 19.7. The van der Waals surface area contributed by atoms with E-state index in [2.05, 4.69) is 14.7 Å². The van der Waals surface area contributed by atoms with Crippen LogP contribution in [-0.4, -0.2) is 25.7 Å². The van der Waals surface area contributed by atoms with Crippen molar-refractivity contribution in [1.29, 1.82) is 0 Å². The highest BCUT2D eigenvalue weighted by atomic mass is 32.2. The molecule has 0 radical (unpaired) electrons. The Balaban J connectivity index is 1.56. The van der Waals surface area contributed by atoms with E-state index in [1.165, 1.54) is 6.07 Å². The van der Waals surface area contributed by atoms with Crippen LogP contribution in [0, 0.1) is 11.6 Å². The van der Waals surface area contributed by atoms with Crippen molar-refractivity contribution in [2.24, 2.45) is 5.14 Å². The zero-order valence-corrected chi connectivity index (χ0v) is 21.3. The van der Waals surface area contributed by atoms with Crippen molar-refractivity contribution in [3.05, 3.63) is 89.6 Å². The number of ketones is 1. The largest absolute Gasteiger partial charge is 0.339 e. The number of anilines is 1. The zero-order chi connectivity index (χ0) is 26.1. The molecule has 5 rings (SSSR count). The fourth-order valence-electron chi connectivity index (χ4n) is 4.14. The molecular weight excluding hydrogens is 514 g/mol. The fraction of sp³-hybridized carbons (Fsp3) is 0.111. The Labute approximate surface area is 218 Å². The molecule has 0 aliphatic carbocycles. The molecule has 0 fully saturated rings. The number of carbonyl (C=O) groups excluding carboxylic acids is 1. The summed E-state index contributed by atoms with van der Waals surface area (Å²) in [6.07, 6.45) is 2.37. The van der Waals surface area contributed by atoms with Crippen LogP contribution >= 0.6 is 11.9 Å². The van der Waals surface area contributed by atoms with Crippen molar-refractivity contribution in [3.63, 3.8) is 0 Å². The SMILES string of the molecule is CCCS(=O)Nc1ccc(F)c(C(=O)c2ccc3[nH]c4ncc(-c5ccc(SN)cc5)cc4c3c2)c1F. The summed E-state index contributed by atoms with van der Waals surface area (Å²) in [5.41, 5.74) is 2.41. The van der Waals surface area contributed by atoms with E-state index in [0.717, 1.165) is 51.0 Å². The molecule has 0 aliphatic heterocycles. The number of aromatic nitrogens is 2. The predicted molar refractivity (Wildman–Crippen MR) is 146 cm³/mol. The summed E-state index contributed by atoms with van der Waals surface area (Å²) < 4.78 is 44.4. The smallest absolute Gasteiger partial charge is 0.199 e. The molecule has 2 aromatic heterocycles. The number of carbonyl (C=O) groups is 1. The number of hydrogen-bond donors (Lipinski definition) is 3. The lowest BCUT2D eigenvalue weighted by Crippen LogP contribution is -2.13. The van der Waals surface area contributed by atoms with Crippen LogP contribution in [0.2, 0.25) is 0 Å². The van der Waals surface area contributed by atoms with E-state index in [0.29, 0.717) is 23.2 Å². The third-order valence-corrected chi connectivity index (χ3v) is 7.74. The summed E-state index contributed by atoms with van der Waals surface area (Å²) in [5, 5.41) is 7.08. The Bertz CT molecular complexity index is 1670. The van der Waals surface area contributed by atoms with E-state index >= 15 is 4.39 Å². The summed E-state index contributed by atoms with van der Waals surface area (Å²) >= 11 is 1.16. The van der Waals surface area contributed by atoms with E-state index in [9.17, 15) is 13.4 Å². The number of benzene rings is 3. The van der Waals surface area contributed by atoms with Gasteiger partial charge in [-0.3, -0.25) is 9.93 Å². The molecule has 4 N–H and O–H groups in total. The van der Waals surface area contributed by atoms with Gasteiger partial charge in [-0.05, 0) is 72.5 Å². The third kappa shape index (κ3) is 4.87. The molecule has 6 nitrogen and oxygen atoms in total. The van der Waals surface area contributed by atoms with E-state index in [4.69, 9.17) is 5.14 Å². The van der Waals surface area contributed by atoms with Gasteiger partial charge in [0, 0.05) is 44.3 Å². The lowest BCUT2D eigenvalue weighted by atomic mass is 9.99. The maximum Gasteiger partial charge on any atom is 0.199 e. The summed E-state index contributed by atoms with van der Waals surface area (Å²) in [4.78, 5) is 22.0. The van der Waals surface area contributed by atoms with Gasteiger partial charge in [-0.25, -0.2) is 18.0 Å². The molecule has 1 atom stereocenters. The second-order valence-corrected chi connectivity index (χ2v) is 10.4. The Hall–Kier alpha value is -3.60. The van der Waals surface area contributed by atoms with Gasteiger partial charge in [-0.1, -0.05) is 19.1 Å². The van der Waals surface area contributed by atoms with Crippen molar-refractivity contribution in [2.75, 3.05) is 10.5 Å². The van der Waals surface area contributed by atoms with Crippen LogP contribution < -0.4 is 9.86 Å². The average Bonchev–Trinajstić information content (AvgIpc) is 3.27. The van der Waals surface area contributed by atoms with Gasteiger partial charge in [0.25, 0.3) is 0 Å². The molecule has 0 saturated heterocycles. The molecular formula is C27H22F2N4O2S2. The highest BCUT2D eigenvalue weighted by Crippen LogP contribution is 2.31. The molecule has 37 heavy (non-hydrogen) atoms. The standard InChI is InChI=1S/C27H22F2N4O2S2/c1-2-11-37(35)33-23-10-8-21(28)24(25(23)29)26(34)16-5-9-22-19(12-16)20-13-17(14-31-27(20)32-22)15-3-6-18(36-30)7-4-15/h3-10,12-14,33H,2,11,30H2,1H3,(H,31,32). The number of hydrogen-bond acceptors (Lipinski definition) is 5. The van der Waals surface area contributed by atoms with Gasteiger partial charge in [0.2, 0.25) is 0 Å². The Morgan fingerprint density at radius 3 is 2.57 bits per heavy atom. The summed E-state index contributed by atoms with van der Waals surface area (Å²) in [6, 6.07) is 16.6. The van der Waals surface area contributed by atoms with Crippen molar-refractivity contribution in [2.45, 2.75) is 18.2 Å². The second-order valence-electron chi connectivity index (χ2n) is 8.41. The van der Waals surface area contributed by atoms with Crippen LogP contribution in [0.1, 0.15) is 29.3 Å². The van der Waals surface area contributed by atoms with Gasteiger partial charge in [0.05, 0.1) is 11.3 Å². The summed E-state index contributed by atoms with van der Waals surface area (Å²) in [5.74, 6) is -2.58. The van der Waals surface area contributed by atoms with Gasteiger partial charge in [0.1, 0.15) is 22.5 Å². The molecule has 188 valence electrons. The third-order valence-electron chi connectivity index (χ3n) is 5.97. The van der Waals surface area contributed by atoms with Crippen LogP contribution in [0.3, 0.4) is 0 Å². The van der Waals surface area contributed by atoms with Crippen molar-refractivity contribution in [1.82, 2.24) is 9.97 Å². The minimum absolute atomic E-state index is 0.118. The lowest BCUT2D eigenvalue weighted by Gasteiger charge is -2.11.